The number of benzene rings is 2. The number of hydrogen-bond donors (Lipinski definition) is 2. The molecule has 2 heterocycles. The van der Waals surface area contributed by atoms with Gasteiger partial charge in [0.1, 0.15) is 17.5 Å². The highest BCUT2D eigenvalue weighted by Crippen LogP contribution is 2.37. The molecule has 2 aromatic carbocycles. The van der Waals surface area contributed by atoms with Gasteiger partial charge in [-0.25, -0.2) is 9.18 Å². The molecule has 3 amide bonds. The van der Waals surface area contributed by atoms with E-state index in [1.54, 1.807) is 45.0 Å². The first-order chi connectivity index (χ1) is 19.9. The minimum Gasteiger partial charge on any atom is -0.444 e. The van der Waals surface area contributed by atoms with E-state index < -0.39 is 35.4 Å². The highest BCUT2D eigenvalue weighted by atomic mass is 35.5. The Balaban J connectivity index is 0.00000155. The average Bonchev–Trinajstić information content (AvgIpc) is 3.04. The highest BCUT2D eigenvalue weighted by molar-refractivity contribution is 7.99. The second kappa shape index (κ2) is 15.2. The van der Waals surface area contributed by atoms with Crippen LogP contribution in [0.15, 0.2) is 41.3 Å². The third-order valence-electron chi connectivity index (χ3n) is 6.39. The third kappa shape index (κ3) is 9.55. The zero-order chi connectivity index (χ0) is 30.9. The summed E-state index contributed by atoms with van der Waals surface area (Å²) in [6.45, 7) is 7.03. The number of amides is 3. The lowest BCUT2D eigenvalue weighted by atomic mass is 10.0. The highest BCUT2D eigenvalue weighted by Gasteiger charge is 2.34. The molecule has 2 aliphatic heterocycles. The van der Waals surface area contributed by atoms with E-state index >= 15 is 4.39 Å². The second-order valence-electron chi connectivity index (χ2n) is 10.7. The molecule has 0 radical (unpaired) electrons. The number of carbonyl (C=O) groups is 3. The molecule has 2 aromatic rings. The SMILES string of the molecule is CC(C)(C)OC(=O)N[C@H]1CSc2cc(F)c(C(=O)NCC3CCOCC3)cc2N(Cc2ccc(Cl)cc2)C1=O.O=C=O. The number of thioether (sulfide) groups is 1. The van der Waals surface area contributed by atoms with Gasteiger partial charge in [-0.3, -0.25) is 9.59 Å². The van der Waals surface area contributed by atoms with E-state index in [4.69, 9.17) is 30.7 Å². The van der Waals surface area contributed by atoms with Crippen LogP contribution < -0.4 is 15.5 Å². The molecule has 13 heteroatoms. The number of anilines is 1. The minimum absolute atomic E-state index is 0.130. The fourth-order valence-corrected chi connectivity index (χ4v) is 5.57. The Morgan fingerprint density at radius 3 is 2.43 bits per heavy atom. The average molecular weight is 622 g/mol. The summed E-state index contributed by atoms with van der Waals surface area (Å²) >= 11 is 7.27. The van der Waals surface area contributed by atoms with Gasteiger partial charge < -0.3 is 25.0 Å². The lowest BCUT2D eigenvalue weighted by Gasteiger charge is -2.27. The molecule has 1 atom stereocenters. The Morgan fingerprint density at radius 2 is 1.81 bits per heavy atom. The van der Waals surface area contributed by atoms with E-state index in [0.717, 1.165) is 18.4 Å². The number of nitrogens with one attached hydrogen (secondary N) is 2. The maximum atomic E-state index is 15.2. The number of halogens is 2. The zero-order valence-electron chi connectivity index (χ0n) is 23.5. The van der Waals surface area contributed by atoms with Crippen LogP contribution in [0, 0.1) is 11.7 Å². The molecular formula is C29H33ClFN3O7S. The minimum atomic E-state index is -0.932. The Morgan fingerprint density at radius 1 is 1.17 bits per heavy atom. The van der Waals surface area contributed by atoms with Crippen molar-refractivity contribution >= 4 is 53.1 Å². The first-order valence-electron chi connectivity index (χ1n) is 13.3. The molecule has 10 nitrogen and oxygen atoms in total. The van der Waals surface area contributed by atoms with Crippen molar-refractivity contribution in [1.29, 1.82) is 0 Å². The van der Waals surface area contributed by atoms with Crippen molar-refractivity contribution in [3.63, 3.8) is 0 Å². The van der Waals surface area contributed by atoms with Crippen LogP contribution in [0.25, 0.3) is 0 Å². The van der Waals surface area contributed by atoms with E-state index in [9.17, 15) is 14.4 Å². The van der Waals surface area contributed by atoms with Gasteiger partial charge in [0.05, 0.1) is 17.8 Å². The van der Waals surface area contributed by atoms with Crippen LogP contribution >= 0.6 is 23.4 Å². The van der Waals surface area contributed by atoms with Crippen molar-refractivity contribution in [3.8, 4) is 0 Å². The first kappa shape index (κ1) is 33.1. The van der Waals surface area contributed by atoms with Crippen molar-refractivity contribution < 1.29 is 37.8 Å². The van der Waals surface area contributed by atoms with Gasteiger partial charge in [-0.15, -0.1) is 11.8 Å². The fourth-order valence-electron chi connectivity index (χ4n) is 4.37. The van der Waals surface area contributed by atoms with Crippen LogP contribution in [0.1, 0.15) is 49.5 Å². The normalized spacial score (nSPS) is 17.1. The Kier molecular flexibility index (Phi) is 11.9. The summed E-state index contributed by atoms with van der Waals surface area (Å²) in [5, 5.41) is 6.04. The summed E-state index contributed by atoms with van der Waals surface area (Å²) in [4.78, 5) is 57.5. The molecule has 0 bridgehead atoms. The fraction of sp³-hybridized carbons (Fsp3) is 0.448. The number of fused-ring (bicyclic) bond motifs is 1. The van der Waals surface area contributed by atoms with Gasteiger partial charge in [-0.2, -0.15) is 9.59 Å². The van der Waals surface area contributed by atoms with Gasteiger partial charge in [0.15, 0.2) is 0 Å². The van der Waals surface area contributed by atoms with Gasteiger partial charge in [0, 0.05) is 35.4 Å². The molecular weight excluding hydrogens is 589 g/mol. The van der Waals surface area contributed by atoms with Gasteiger partial charge in [-0.1, -0.05) is 23.7 Å². The van der Waals surface area contributed by atoms with E-state index in [0.29, 0.717) is 35.4 Å². The van der Waals surface area contributed by atoms with Crippen LogP contribution in [-0.4, -0.2) is 61.2 Å². The molecule has 0 aromatic heterocycles. The number of hydrogen-bond acceptors (Lipinski definition) is 8. The Bertz CT molecular complexity index is 1310. The quantitative estimate of drug-likeness (QED) is 0.479. The molecule has 226 valence electrons. The number of carbonyl (C=O) groups excluding carboxylic acids is 5. The standard InChI is InChI=1S/C28H33ClFN3O5S.CO2/c1-28(2,3)38-27(36)32-22-16-39-24-13-21(30)20(25(34)31-14-17-8-10-37-11-9-17)12-23(24)33(26(22)35)15-18-4-6-19(29)7-5-18;2-1-3/h4-7,12-13,17,22H,8-11,14-16H2,1-3H3,(H,31,34)(H,32,36);/t22-;/m0./s1. The largest absolute Gasteiger partial charge is 0.444 e. The Hall–Kier alpha value is -3.44. The maximum absolute atomic E-state index is 15.2. The number of nitrogens with zero attached hydrogens (tertiary/aromatic N) is 1. The Labute approximate surface area is 252 Å². The zero-order valence-corrected chi connectivity index (χ0v) is 25.1. The van der Waals surface area contributed by atoms with Crippen molar-refractivity contribution in [2.45, 2.75) is 56.7 Å². The molecule has 0 spiro atoms. The van der Waals surface area contributed by atoms with Crippen molar-refractivity contribution in [3.05, 3.63) is 58.4 Å². The maximum Gasteiger partial charge on any atom is 0.408 e. The second-order valence-corrected chi connectivity index (χ2v) is 12.2. The van der Waals surface area contributed by atoms with Crippen LogP contribution in [0.2, 0.25) is 5.02 Å². The predicted molar refractivity (Wildman–Crippen MR) is 154 cm³/mol. The topological polar surface area (TPSA) is 131 Å². The molecule has 2 aliphatic rings. The van der Waals surface area contributed by atoms with Gasteiger partial charge >= 0.3 is 12.2 Å². The van der Waals surface area contributed by atoms with Crippen LogP contribution in [-0.2, 0) is 30.4 Å². The van der Waals surface area contributed by atoms with Crippen molar-refractivity contribution in [1.82, 2.24) is 10.6 Å². The molecule has 0 aliphatic carbocycles. The van der Waals surface area contributed by atoms with Gasteiger partial charge in [0.2, 0.25) is 0 Å². The van der Waals surface area contributed by atoms with Crippen LogP contribution in [0.5, 0.6) is 0 Å². The number of ether oxygens (including phenoxy) is 2. The summed E-state index contributed by atoms with van der Waals surface area (Å²) in [6.07, 6.45) is 1.19. The van der Waals surface area contributed by atoms with E-state index in [1.165, 1.54) is 28.8 Å². The molecule has 1 fully saturated rings. The smallest absolute Gasteiger partial charge is 0.408 e. The molecule has 42 heavy (non-hydrogen) atoms. The number of alkyl carbamates (subject to hydrolysis) is 1. The van der Waals surface area contributed by atoms with Gasteiger partial charge in [0.25, 0.3) is 11.8 Å². The van der Waals surface area contributed by atoms with Crippen molar-refractivity contribution in [2.75, 3.05) is 30.4 Å². The molecule has 0 unspecified atom stereocenters. The van der Waals surface area contributed by atoms with E-state index in [2.05, 4.69) is 10.6 Å². The van der Waals surface area contributed by atoms with E-state index in [-0.39, 0.29) is 29.9 Å². The summed E-state index contributed by atoms with van der Waals surface area (Å²) in [6, 6.07) is 8.76. The van der Waals surface area contributed by atoms with Crippen molar-refractivity contribution in [2.24, 2.45) is 5.92 Å². The van der Waals surface area contributed by atoms with Gasteiger partial charge in [-0.05, 0) is 69.4 Å². The monoisotopic (exact) mass is 621 g/mol. The summed E-state index contributed by atoms with van der Waals surface area (Å²) in [7, 11) is 0. The summed E-state index contributed by atoms with van der Waals surface area (Å²) in [5.74, 6) is -1.19. The lowest BCUT2D eigenvalue weighted by Crippen LogP contribution is -2.50. The number of rotatable bonds is 6. The summed E-state index contributed by atoms with van der Waals surface area (Å²) in [5.41, 5.74) is 0.281. The molecule has 2 N–H and O–H groups in total. The molecule has 4 rings (SSSR count). The predicted octanol–water partition coefficient (Wildman–Crippen LogP) is 4.58. The molecule has 1 saturated heterocycles. The van der Waals surface area contributed by atoms with Crippen LogP contribution in [0.4, 0.5) is 14.9 Å². The van der Waals surface area contributed by atoms with Crippen LogP contribution in [0.3, 0.4) is 0 Å². The molecule has 0 saturated carbocycles. The van der Waals surface area contributed by atoms with E-state index in [1.807, 2.05) is 0 Å². The first-order valence-corrected chi connectivity index (χ1v) is 14.6. The lowest BCUT2D eigenvalue weighted by molar-refractivity contribution is -0.191. The third-order valence-corrected chi connectivity index (χ3v) is 7.78. The summed E-state index contributed by atoms with van der Waals surface area (Å²) < 4.78 is 25.9.